The van der Waals surface area contributed by atoms with Crippen LogP contribution in [0.4, 0.5) is 5.69 Å². The molecule has 76 heavy (non-hydrogen) atoms. The Bertz CT molecular complexity index is 3560. The number of fused-ring (bicyclic) bond motifs is 3. The van der Waals surface area contributed by atoms with E-state index in [1.165, 1.54) is 21.7 Å². The van der Waals surface area contributed by atoms with E-state index in [2.05, 4.69) is 159 Å². The highest BCUT2D eigenvalue weighted by molar-refractivity contribution is 8.00. The lowest BCUT2D eigenvalue weighted by atomic mass is 9.95. The number of thioether (sulfide) groups is 1. The Morgan fingerprint density at radius 2 is 1.38 bits per heavy atom. The minimum Gasteiger partial charge on any atom is -0.478 e. The molecule has 0 bridgehead atoms. The molecule has 0 radical (unpaired) electrons. The number of aromatic nitrogens is 6. The van der Waals surface area contributed by atoms with Crippen LogP contribution < -0.4 is 23.2 Å². The predicted octanol–water partition coefficient (Wildman–Crippen LogP) is 9.25. The van der Waals surface area contributed by atoms with Crippen molar-refractivity contribution in [3.8, 4) is 34.0 Å². The van der Waals surface area contributed by atoms with E-state index in [4.69, 9.17) is 9.97 Å². The third-order valence-corrected chi connectivity index (χ3v) is 16.0. The summed E-state index contributed by atoms with van der Waals surface area (Å²) in [4.78, 5) is 43.0. The number of unbranched alkanes of at least 4 members (excludes halogenated alkanes) is 1. The maximum atomic E-state index is 11.3. The van der Waals surface area contributed by atoms with Crippen LogP contribution in [0.1, 0.15) is 49.1 Å². The summed E-state index contributed by atoms with van der Waals surface area (Å²) in [5.41, 5.74) is 12.5. The molecule has 1 aliphatic carbocycles. The zero-order chi connectivity index (χ0) is 52.4. The highest BCUT2D eigenvalue weighted by atomic mass is 32.2. The number of para-hydroxylation sites is 1. The highest BCUT2D eigenvalue weighted by Gasteiger charge is 2.34. The first-order valence-corrected chi connectivity index (χ1v) is 28.3. The molecule has 10 rings (SSSR count). The summed E-state index contributed by atoms with van der Waals surface area (Å²) in [5.74, 6) is -1.08. The summed E-state index contributed by atoms with van der Waals surface area (Å²) in [7, 11) is -4.04. The number of hydrogen-bond acceptors (Lipinski definition) is 7. The molecule has 0 fully saturated rings. The Kier molecular flexibility index (Phi) is 16.1. The first-order chi connectivity index (χ1) is 37.0. The van der Waals surface area contributed by atoms with Crippen molar-refractivity contribution in [2.45, 2.75) is 74.3 Å². The number of aryl methyl sites for hydroxylation is 2. The van der Waals surface area contributed by atoms with Crippen molar-refractivity contribution in [3.05, 3.63) is 223 Å². The fraction of sp³-hybridized carbons (Fsp3) is 0.213. The van der Waals surface area contributed by atoms with Crippen LogP contribution >= 0.6 is 19.4 Å². The molecule has 2 aromatic carbocycles. The number of anilines is 1. The maximum Gasteiger partial charge on any atom is 0.331 e. The lowest BCUT2D eigenvalue weighted by Crippen LogP contribution is -2.45. The van der Waals surface area contributed by atoms with Crippen molar-refractivity contribution in [1.82, 2.24) is 9.97 Å². The lowest BCUT2D eigenvalue weighted by molar-refractivity contribution is -0.692. The van der Waals surface area contributed by atoms with Crippen LogP contribution in [-0.4, -0.2) is 54.8 Å². The average molecular weight is 1050 g/mol. The maximum absolute atomic E-state index is 11.3. The fourth-order valence-corrected chi connectivity index (χ4v) is 11.9. The summed E-state index contributed by atoms with van der Waals surface area (Å²) in [6.45, 7) is 2.25. The van der Waals surface area contributed by atoms with E-state index < -0.39 is 13.6 Å². The minimum absolute atomic E-state index is 0.182. The summed E-state index contributed by atoms with van der Waals surface area (Å²) in [6.07, 6.45) is 31.1. The molecule has 2 atom stereocenters. The summed E-state index contributed by atoms with van der Waals surface area (Å²) in [5, 5.41) is 20.0. The lowest BCUT2D eigenvalue weighted by Gasteiger charge is -2.42. The molecule has 15 heteroatoms. The molecule has 7 heterocycles. The number of rotatable bonds is 20. The van der Waals surface area contributed by atoms with E-state index in [0.717, 1.165) is 88.5 Å². The number of allylic oxidation sites excluding steroid dienone is 3. The fourth-order valence-electron chi connectivity index (χ4n) is 10.0. The molecule has 0 amide bonds. The second-order valence-corrected chi connectivity index (χ2v) is 22.3. The Labute approximate surface area is 446 Å². The molecule has 1 aliphatic heterocycles. The summed E-state index contributed by atoms with van der Waals surface area (Å²) >= 11 is 1.91. The van der Waals surface area contributed by atoms with Crippen LogP contribution in [0.15, 0.2) is 211 Å². The number of aliphatic carboxylic acids is 1. The quantitative estimate of drug-likeness (QED) is 0.0221. The average Bonchev–Trinajstić information content (AvgIpc) is 3.46. The number of hydrogen-bond donors (Lipinski definition) is 3. The van der Waals surface area contributed by atoms with Gasteiger partial charge >= 0.3 is 13.6 Å². The van der Waals surface area contributed by atoms with Crippen LogP contribution in [0.25, 0.3) is 38.8 Å². The van der Waals surface area contributed by atoms with Crippen molar-refractivity contribution in [2.75, 3.05) is 17.6 Å². The Morgan fingerprint density at radius 1 is 0.750 bits per heavy atom. The zero-order valence-corrected chi connectivity index (χ0v) is 43.7. The molecule has 0 saturated carbocycles. The van der Waals surface area contributed by atoms with Crippen molar-refractivity contribution in [2.24, 2.45) is 0 Å². The minimum atomic E-state index is -4.04. The molecule has 3 N–H and O–H groups in total. The monoisotopic (exact) mass is 1050 g/mol. The van der Waals surface area contributed by atoms with Gasteiger partial charge in [-0.3, -0.25) is 9.55 Å². The van der Waals surface area contributed by atoms with E-state index in [9.17, 15) is 29.5 Å². The number of nitrogens with zero attached hydrogens (tertiary/aromatic N) is 8. The van der Waals surface area contributed by atoms with E-state index in [0.29, 0.717) is 31.5 Å². The van der Waals surface area contributed by atoms with E-state index in [-0.39, 0.29) is 24.0 Å². The van der Waals surface area contributed by atoms with Crippen LogP contribution in [0.3, 0.4) is 0 Å². The molecule has 8 aromatic rings. The second-order valence-electron chi connectivity index (χ2n) is 19.3. The van der Waals surface area contributed by atoms with Gasteiger partial charge in [-0.1, -0.05) is 48.1 Å². The van der Waals surface area contributed by atoms with E-state index >= 15 is 0 Å². The van der Waals surface area contributed by atoms with Crippen LogP contribution in [0, 0.1) is 11.3 Å². The topological polar surface area (TPSA) is 163 Å². The molecular weight excluding hydrogens is 988 g/mol. The Morgan fingerprint density at radius 3 is 2.03 bits per heavy atom. The third kappa shape index (κ3) is 13.1. The highest BCUT2D eigenvalue weighted by Crippen LogP contribution is 2.45. The van der Waals surface area contributed by atoms with Gasteiger partial charge in [0.05, 0.1) is 28.6 Å². The van der Waals surface area contributed by atoms with Gasteiger partial charge in [0.25, 0.3) is 0 Å². The molecule has 0 spiro atoms. The number of benzene rings is 2. The van der Waals surface area contributed by atoms with Crippen molar-refractivity contribution in [3.63, 3.8) is 0 Å². The van der Waals surface area contributed by atoms with Crippen LogP contribution in [0.2, 0.25) is 0 Å². The standard InChI is InChI=1S/C61H56N8O5PS/c62-42-46(39-61(70)71)9-7-27-69-56-14-3-4-15-59(56)76-60-38-45(16-17-57(60)69)8-1-2-10-52-40-51-11-6-26-63-55(51)41-58(52)68-34-24-50(25-35-68)49-22-32-67(33-23-49)44-54-13-5-12-53(64-54)43-66-30-20-48(21-31-66)47-18-28-65(29-19-47)36-37-75(72,73)74/h3-6,11-26,28-35,38-41,57,60H,1-2,7-10,27,36-37,43-44H2/q+1/p+3. The van der Waals surface area contributed by atoms with Gasteiger partial charge < -0.3 is 19.8 Å². The van der Waals surface area contributed by atoms with Gasteiger partial charge in [0, 0.05) is 94.8 Å². The van der Waals surface area contributed by atoms with Crippen molar-refractivity contribution < 1.29 is 42.5 Å². The zero-order valence-electron chi connectivity index (χ0n) is 42.0. The first kappa shape index (κ1) is 51.6. The molecule has 2 aliphatic rings. The normalized spacial score (nSPS) is 15.2. The first-order valence-electron chi connectivity index (χ1n) is 25.6. The SMILES string of the molecule is N#CC(=CC(=O)O)CCCN1c2ccccc2SC2C=C(CCCCc3cc4cccnc4cc3-[n+]3ccc(-c4cc[n+](Cc5cccc(C[n+]6ccc(-c7cc[n+](CCP(=O)(O)O)cc7)cc6)n5)cc4)cc3)C=CC21. The molecule has 2 unspecified atom stereocenters. The van der Waals surface area contributed by atoms with Gasteiger partial charge in [0.1, 0.15) is 17.5 Å². The van der Waals surface area contributed by atoms with Gasteiger partial charge in [0.15, 0.2) is 69.2 Å². The Hall–Kier alpha value is -7.92. The number of carbonyl (C=O) groups is 1. The largest absolute Gasteiger partial charge is 0.478 e. The molecule has 380 valence electrons. The number of nitriles is 1. The third-order valence-electron chi connectivity index (χ3n) is 13.9. The van der Waals surface area contributed by atoms with Gasteiger partial charge in [-0.05, 0) is 97.2 Å². The van der Waals surface area contributed by atoms with Crippen molar-refractivity contribution in [1.29, 1.82) is 5.26 Å². The molecule has 0 saturated heterocycles. The van der Waals surface area contributed by atoms with Crippen LogP contribution in [0.5, 0.6) is 0 Å². The number of carboxylic acids is 1. The van der Waals surface area contributed by atoms with Crippen molar-refractivity contribution >= 4 is 41.9 Å². The molecular formula is C61H59N8O5PS+4. The van der Waals surface area contributed by atoms with Gasteiger partial charge in [0.2, 0.25) is 5.69 Å². The summed E-state index contributed by atoms with van der Waals surface area (Å²) in [6, 6.07) is 42.2. The van der Waals surface area contributed by atoms with Gasteiger partial charge in [-0.15, -0.1) is 11.8 Å². The summed E-state index contributed by atoms with van der Waals surface area (Å²) < 4.78 is 19.5. The Balaban J connectivity index is 0.745. The molecule has 6 aromatic heterocycles. The molecule has 13 nitrogen and oxygen atoms in total. The second kappa shape index (κ2) is 23.7. The van der Waals surface area contributed by atoms with E-state index in [1.807, 2.05) is 67.0 Å². The van der Waals surface area contributed by atoms with Crippen LogP contribution in [-0.2, 0) is 35.4 Å². The van der Waals surface area contributed by atoms with E-state index in [1.54, 1.807) is 4.57 Å². The predicted molar refractivity (Wildman–Crippen MR) is 293 cm³/mol. The number of pyridine rings is 6. The number of carboxylic acid groups (broad SMARTS) is 1. The smallest absolute Gasteiger partial charge is 0.331 e. The van der Waals surface area contributed by atoms with Gasteiger partial charge in [-0.2, -0.15) is 19.0 Å². The van der Waals surface area contributed by atoms with Gasteiger partial charge in [-0.25, -0.2) is 14.3 Å².